The van der Waals surface area contributed by atoms with Gasteiger partial charge in [0.1, 0.15) is 0 Å². The molecule has 2 unspecified atom stereocenters. The van der Waals surface area contributed by atoms with Crippen molar-refractivity contribution in [3.63, 3.8) is 0 Å². The zero-order chi connectivity index (χ0) is 34.9. The van der Waals surface area contributed by atoms with E-state index in [1.165, 1.54) is 9.80 Å². The molecule has 2 aliphatic heterocycles. The molecule has 7 aromatic rings. The maximum Gasteiger partial charge on any atom is 0.262 e. The van der Waals surface area contributed by atoms with Crippen LogP contribution in [0.5, 0.6) is 0 Å². The molecule has 7 aromatic carbocycles. The van der Waals surface area contributed by atoms with Crippen molar-refractivity contribution >= 4 is 113 Å². The molecule has 0 aliphatic carbocycles. The highest BCUT2D eigenvalue weighted by molar-refractivity contribution is 6.56. The lowest BCUT2D eigenvalue weighted by Gasteiger charge is -2.34. The minimum Gasteiger partial charge on any atom is -0.269 e. The van der Waals surface area contributed by atoms with E-state index in [1.807, 2.05) is 60.7 Å². The van der Waals surface area contributed by atoms with Crippen molar-refractivity contribution in [1.29, 1.82) is 0 Å². The molecule has 0 bridgehead atoms. The van der Waals surface area contributed by atoms with Crippen LogP contribution in [0.15, 0.2) is 84.9 Å². The van der Waals surface area contributed by atoms with Crippen LogP contribution in [-0.4, -0.2) is 33.4 Å². The second-order valence-electron chi connectivity index (χ2n) is 12.8. The summed E-state index contributed by atoms with van der Waals surface area (Å²) in [6.07, 6.45) is 0. The Morgan fingerprint density at radius 3 is 0.920 bits per heavy atom. The van der Waals surface area contributed by atoms with E-state index in [0.717, 1.165) is 11.1 Å². The molecule has 0 saturated carbocycles. The summed E-state index contributed by atoms with van der Waals surface area (Å²) < 4.78 is 0. The van der Waals surface area contributed by atoms with Crippen LogP contribution in [0.25, 0.3) is 43.1 Å². The number of carbonyl (C=O) groups is 4. The van der Waals surface area contributed by atoms with E-state index in [4.69, 9.17) is 46.4 Å². The molecule has 4 amide bonds. The fraction of sp³-hybridized carbons (Fsp3) is 0.100. The molecule has 50 heavy (non-hydrogen) atoms. The number of hydrogen-bond donors (Lipinski definition) is 0. The second kappa shape index (κ2) is 10.9. The second-order valence-corrected chi connectivity index (χ2v) is 14.4. The average Bonchev–Trinajstić information content (AvgIpc) is 3.11. The highest BCUT2D eigenvalue weighted by atomic mass is 35.5. The van der Waals surface area contributed by atoms with Gasteiger partial charge in [-0.3, -0.25) is 29.0 Å². The number of hydrogen-bond acceptors (Lipinski definition) is 4. The Labute approximate surface area is 305 Å². The molecule has 2 heterocycles. The molecule has 0 spiro atoms. The fourth-order valence-electron chi connectivity index (χ4n) is 7.96. The molecular formula is C40H22Cl4N2O4. The SMILES string of the molecule is CC(c1ccccc1)N1C(=O)c2cc(Cl)c3c4c(Cl)cc5c6c(cc(Cl)c(c7c(Cl)cc(c2c37)C1=O)c64)C(=O)N(C(C)c1ccccc1)C5=O. The van der Waals surface area contributed by atoms with Gasteiger partial charge in [-0.15, -0.1) is 0 Å². The summed E-state index contributed by atoms with van der Waals surface area (Å²) in [6.45, 7) is 3.59. The summed E-state index contributed by atoms with van der Waals surface area (Å²) in [4.78, 5) is 59.4. The van der Waals surface area contributed by atoms with Gasteiger partial charge in [0.25, 0.3) is 23.6 Å². The third kappa shape index (κ3) is 3.99. The predicted octanol–water partition coefficient (Wildman–Crippen LogP) is 11.1. The number of imide groups is 2. The summed E-state index contributed by atoms with van der Waals surface area (Å²) in [5.41, 5.74) is 2.52. The van der Waals surface area contributed by atoms with Crippen LogP contribution < -0.4 is 0 Å². The van der Waals surface area contributed by atoms with Gasteiger partial charge in [-0.1, -0.05) is 107 Å². The number of nitrogens with zero attached hydrogens (tertiary/aromatic N) is 2. The van der Waals surface area contributed by atoms with Crippen molar-refractivity contribution in [1.82, 2.24) is 9.80 Å². The van der Waals surface area contributed by atoms with E-state index in [9.17, 15) is 19.2 Å². The Balaban J connectivity index is 1.36. The van der Waals surface area contributed by atoms with E-state index in [0.29, 0.717) is 43.1 Å². The lowest BCUT2D eigenvalue weighted by Crippen LogP contribution is -2.42. The van der Waals surface area contributed by atoms with Gasteiger partial charge in [-0.25, -0.2) is 0 Å². The summed E-state index contributed by atoms with van der Waals surface area (Å²) in [7, 11) is 0. The summed E-state index contributed by atoms with van der Waals surface area (Å²) in [6, 6.07) is 23.6. The molecular weight excluding hydrogens is 714 g/mol. The van der Waals surface area contributed by atoms with E-state index < -0.39 is 35.7 Å². The Kier molecular flexibility index (Phi) is 6.81. The van der Waals surface area contributed by atoms with Crippen LogP contribution in [0.3, 0.4) is 0 Å². The summed E-state index contributed by atoms with van der Waals surface area (Å²) >= 11 is 28.5. The average molecular weight is 736 g/mol. The van der Waals surface area contributed by atoms with Gasteiger partial charge in [-0.2, -0.15) is 0 Å². The first-order valence-electron chi connectivity index (χ1n) is 15.8. The standard InChI is InChI=1S/C40H22Cl4N2O4/c1-17(19-9-5-3-6-10-19)45-37(47)21-13-25(41)31-33-27(43)15-23-30-24(40(50)46(39(23)49)18(2)20-11-7-4-8-12-20)16-28(44)34(36(30)33)32-26(42)14-22(38(45)48)29(21)35(31)32/h3-18H,1-2H3. The number of amides is 4. The van der Waals surface area contributed by atoms with E-state index in [-0.39, 0.29) is 42.3 Å². The van der Waals surface area contributed by atoms with E-state index in [1.54, 1.807) is 38.1 Å². The van der Waals surface area contributed by atoms with Gasteiger partial charge in [0.05, 0.1) is 34.3 Å². The van der Waals surface area contributed by atoms with Crippen LogP contribution in [0, 0.1) is 0 Å². The number of rotatable bonds is 4. The molecule has 0 N–H and O–H groups in total. The third-order valence-electron chi connectivity index (χ3n) is 10.3. The van der Waals surface area contributed by atoms with Crippen molar-refractivity contribution in [3.8, 4) is 0 Å². The van der Waals surface area contributed by atoms with Crippen LogP contribution in [-0.2, 0) is 0 Å². The van der Waals surface area contributed by atoms with Gasteiger partial charge in [-0.05, 0) is 49.2 Å². The van der Waals surface area contributed by atoms with Gasteiger partial charge in [0.2, 0.25) is 0 Å². The van der Waals surface area contributed by atoms with Gasteiger partial charge in [0, 0.05) is 63.2 Å². The number of fused-ring (bicyclic) bond motifs is 2. The first-order valence-corrected chi connectivity index (χ1v) is 17.4. The topological polar surface area (TPSA) is 74.8 Å². The molecule has 2 aliphatic rings. The Morgan fingerprint density at radius 1 is 0.400 bits per heavy atom. The van der Waals surface area contributed by atoms with E-state index >= 15 is 0 Å². The Bertz CT molecular complexity index is 2390. The fourth-order valence-corrected chi connectivity index (χ4v) is 9.15. The smallest absolute Gasteiger partial charge is 0.262 e. The number of halogens is 4. The molecule has 0 aromatic heterocycles. The highest BCUT2D eigenvalue weighted by Crippen LogP contribution is 2.54. The minimum atomic E-state index is -0.579. The van der Waals surface area contributed by atoms with Crippen molar-refractivity contribution in [2.24, 2.45) is 0 Å². The largest absolute Gasteiger partial charge is 0.269 e. The number of benzene rings is 7. The number of carbonyl (C=O) groups excluding carboxylic acids is 4. The van der Waals surface area contributed by atoms with Crippen molar-refractivity contribution in [3.05, 3.63) is 138 Å². The maximum atomic E-state index is 14.2. The van der Waals surface area contributed by atoms with E-state index in [2.05, 4.69) is 0 Å². The normalized spacial score (nSPS) is 15.7. The van der Waals surface area contributed by atoms with Crippen molar-refractivity contribution in [2.75, 3.05) is 0 Å². The zero-order valence-corrected chi connectivity index (χ0v) is 29.3. The summed E-state index contributed by atoms with van der Waals surface area (Å²) in [5, 5.41) is 4.18. The zero-order valence-electron chi connectivity index (χ0n) is 26.3. The minimum absolute atomic E-state index is 0.189. The molecule has 0 fully saturated rings. The van der Waals surface area contributed by atoms with Crippen LogP contribution in [0.2, 0.25) is 20.1 Å². The third-order valence-corrected chi connectivity index (χ3v) is 11.4. The highest BCUT2D eigenvalue weighted by Gasteiger charge is 2.42. The maximum absolute atomic E-state index is 14.2. The Morgan fingerprint density at radius 2 is 0.660 bits per heavy atom. The molecule has 9 rings (SSSR count). The van der Waals surface area contributed by atoms with Gasteiger partial charge < -0.3 is 0 Å². The van der Waals surface area contributed by atoms with Crippen molar-refractivity contribution < 1.29 is 19.2 Å². The Hall–Kier alpha value is -4.72. The predicted molar refractivity (Wildman–Crippen MR) is 198 cm³/mol. The van der Waals surface area contributed by atoms with Gasteiger partial charge in [0.15, 0.2) is 0 Å². The van der Waals surface area contributed by atoms with Gasteiger partial charge >= 0.3 is 0 Å². The monoisotopic (exact) mass is 734 g/mol. The van der Waals surface area contributed by atoms with Crippen LogP contribution >= 0.6 is 46.4 Å². The molecule has 6 nitrogen and oxygen atoms in total. The molecule has 244 valence electrons. The molecule has 10 heteroatoms. The summed E-state index contributed by atoms with van der Waals surface area (Å²) in [5.74, 6) is -2.01. The molecule has 0 radical (unpaired) electrons. The van der Waals surface area contributed by atoms with Crippen molar-refractivity contribution in [2.45, 2.75) is 25.9 Å². The lowest BCUT2D eigenvalue weighted by atomic mass is 9.81. The van der Waals surface area contributed by atoms with Crippen LogP contribution in [0.1, 0.15) is 78.5 Å². The first kappa shape index (κ1) is 31.3. The molecule has 2 atom stereocenters. The quantitative estimate of drug-likeness (QED) is 0.102. The van der Waals surface area contributed by atoms with Crippen LogP contribution in [0.4, 0.5) is 0 Å². The lowest BCUT2D eigenvalue weighted by molar-refractivity contribution is 0.0534. The first-order chi connectivity index (χ1) is 24.0. The molecule has 0 saturated heterocycles.